The zero-order valence-corrected chi connectivity index (χ0v) is 16.9. The Labute approximate surface area is 163 Å². The van der Waals surface area contributed by atoms with Gasteiger partial charge in [-0.15, -0.1) is 0 Å². The summed E-state index contributed by atoms with van der Waals surface area (Å²) in [6.07, 6.45) is 7.42. The van der Waals surface area contributed by atoms with Crippen molar-refractivity contribution in [3.63, 3.8) is 0 Å². The summed E-state index contributed by atoms with van der Waals surface area (Å²) < 4.78 is 0. The average Bonchev–Trinajstić information content (AvgIpc) is 2.90. The van der Waals surface area contributed by atoms with Gasteiger partial charge in [0.25, 0.3) is 0 Å². The number of aliphatic hydroxyl groups is 1. The first-order valence-corrected chi connectivity index (χ1v) is 10.9. The molecule has 3 heteroatoms. The highest BCUT2D eigenvalue weighted by Gasteiger charge is 2.57. The van der Waals surface area contributed by atoms with Crippen molar-refractivity contribution in [3.05, 3.63) is 41.6 Å². The number of benzene rings is 1. The summed E-state index contributed by atoms with van der Waals surface area (Å²) in [5.74, 6) is 2.58. The van der Waals surface area contributed by atoms with Gasteiger partial charge >= 0.3 is 0 Å². The maximum absolute atomic E-state index is 11.2. The molecule has 0 radical (unpaired) electrons. The first kappa shape index (κ1) is 18.9. The summed E-state index contributed by atoms with van der Waals surface area (Å²) >= 11 is 0. The fraction of sp³-hybridized carbons (Fsp3) is 0.667. The average molecular weight is 370 g/mol. The number of phenolic OH excluding ortho intramolecular Hbond substituents is 1. The highest BCUT2D eigenvalue weighted by Crippen LogP contribution is 2.62. The second-order valence-corrected chi connectivity index (χ2v) is 9.52. The molecule has 3 nitrogen and oxygen atoms in total. The SMILES string of the molecule is C=C(CC1CC2C3CCc4cc(O)ccc4C3CC[C@]2(C)[C@H]1O)NCCC. The predicted molar refractivity (Wildman–Crippen MR) is 110 cm³/mol. The van der Waals surface area contributed by atoms with Gasteiger partial charge in [0, 0.05) is 12.2 Å². The van der Waals surface area contributed by atoms with E-state index in [-0.39, 0.29) is 11.5 Å². The van der Waals surface area contributed by atoms with Crippen molar-refractivity contribution < 1.29 is 10.2 Å². The van der Waals surface area contributed by atoms with Crippen molar-refractivity contribution >= 4 is 0 Å². The zero-order chi connectivity index (χ0) is 19.2. The Kier molecular flexibility index (Phi) is 5.00. The number of hydrogen-bond acceptors (Lipinski definition) is 3. The van der Waals surface area contributed by atoms with E-state index in [1.54, 1.807) is 0 Å². The van der Waals surface area contributed by atoms with Crippen molar-refractivity contribution in [2.45, 2.75) is 70.8 Å². The number of nitrogens with one attached hydrogen (secondary N) is 1. The first-order chi connectivity index (χ1) is 12.9. The number of phenols is 1. The number of aromatic hydroxyl groups is 1. The van der Waals surface area contributed by atoms with Crippen LogP contribution in [0.15, 0.2) is 30.5 Å². The predicted octanol–water partition coefficient (Wildman–Crippen LogP) is 4.74. The van der Waals surface area contributed by atoms with Crippen LogP contribution in [-0.4, -0.2) is 22.9 Å². The Balaban J connectivity index is 1.54. The molecule has 4 unspecified atom stereocenters. The maximum atomic E-state index is 11.2. The summed E-state index contributed by atoms with van der Waals surface area (Å²) in [6, 6.07) is 5.98. The van der Waals surface area contributed by atoms with Crippen LogP contribution in [0, 0.1) is 23.2 Å². The van der Waals surface area contributed by atoms with Crippen molar-refractivity contribution in [3.8, 4) is 5.75 Å². The second kappa shape index (κ2) is 7.16. The summed E-state index contributed by atoms with van der Waals surface area (Å²) in [5, 5.41) is 24.5. The van der Waals surface area contributed by atoms with Gasteiger partial charge in [0.1, 0.15) is 5.75 Å². The van der Waals surface area contributed by atoms with Gasteiger partial charge in [-0.3, -0.25) is 0 Å². The van der Waals surface area contributed by atoms with E-state index in [0.29, 0.717) is 29.4 Å². The van der Waals surface area contributed by atoms with Crippen LogP contribution in [0.1, 0.15) is 69.4 Å². The molecule has 0 amide bonds. The minimum absolute atomic E-state index is 0.0469. The quantitative estimate of drug-likeness (QED) is 0.703. The number of aryl methyl sites for hydroxylation is 1. The van der Waals surface area contributed by atoms with Gasteiger partial charge in [-0.2, -0.15) is 0 Å². The van der Waals surface area contributed by atoms with Gasteiger partial charge in [0.15, 0.2) is 0 Å². The van der Waals surface area contributed by atoms with Crippen molar-refractivity contribution in [1.29, 1.82) is 0 Å². The molecule has 3 aliphatic rings. The summed E-state index contributed by atoms with van der Waals surface area (Å²) in [6.45, 7) is 9.68. The van der Waals surface area contributed by atoms with Crippen molar-refractivity contribution in [2.75, 3.05) is 6.54 Å². The first-order valence-electron chi connectivity index (χ1n) is 10.9. The lowest BCUT2D eigenvalue weighted by Crippen LogP contribution is -2.44. The minimum atomic E-state index is -0.218. The molecule has 2 fully saturated rings. The number of allylic oxidation sites excluding steroid dienone is 1. The maximum Gasteiger partial charge on any atom is 0.115 e. The molecule has 1 aromatic carbocycles. The molecule has 6 atom stereocenters. The molecular weight excluding hydrogens is 334 g/mol. The normalized spacial score (nSPS) is 37.2. The molecule has 148 valence electrons. The summed E-state index contributed by atoms with van der Waals surface area (Å²) in [5.41, 5.74) is 3.93. The molecule has 0 heterocycles. The van der Waals surface area contributed by atoms with E-state index in [0.717, 1.165) is 50.8 Å². The van der Waals surface area contributed by atoms with E-state index in [2.05, 4.69) is 31.8 Å². The molecule has 0 spiro atoms. The molecule has 0 aromatic heterocycles. The van der Waals surface area contributed by atoms with E-state index >= 15 is 0 Å². The van der Waals surface area contributed by atoms with Crippen LogP contribution in [0.4, 0.5) is 0 Å². The molecule has 0 bridgehead atoms. The topological polar surface area (TPSA) is 52.5 Å². The minimum Gasteiger partial charge on any atom is -0.508 e. The molecule has 3 N–H and O–H groups in total. The molecular formula is C24H35NO2. The van der Waals surface area contributed by atoms with Gasteiger partial charge in [0.2, 0.25) is 0 Å². The van der Waals surface area contributed by atoms with Crippen molar-refractivity contribution in [1.82, 2.24) is 5.32 Å². The highest BCUT2D eigenvalue weighted by molar-refractivity contribution is 5.40. The lowest BCUT2D eigenvalue weighted by atomic mass is 9.55. The Morgan fingerprint density at radius 2 is 2.15 bits per heavy atom. The van der Waals surface area contributed by atoms with Crippen LogP contribution < -0.4 is 5.32 Å². The van der Waals surface area contributed by atoms with Gasteiger partial charge in [-0.25, -0.2) is 0 Å². The van der Waals surface area contributed by atoms with E-state index in [1.807, 2.05) is 12.1 Å². The molecule has 3 aliphatic carbocycles. The molecule has 2 saturated carbocycles. The number of aliphatic hydroxyl groups excluding tert-OH is 1. The monoisotopic (exact) mass is 369 g/mol. The summed E-state index contributed by atoms with van der Waals surface area (Å²) in [4.78, 5) is 0. The third kappa shape index (κ3) is 3.18. The molecule has 1 aromatic rings. The second-order valence-electron chi connectivity index (χ2n) is 9.52. The van der Waals surface area contributed by atoms with E-state index in [9.17, 15) is 10.2 Å². The Bertz CT molecular complexity index is 714. The van der Waals surface area contributed by atoms with Gasteiger partial charge in [-0.1, -0.05) is 26.5 Å². The third-order valence-electron chi connectivity index (χ3n) is 7.96. The van der Waals surface area contributed by atoms with Gasteiger partial charge in [0.05, 0.1) is 6.10 Å². The number of hydrogen-bond donors (Lipinski definition) is 3. The van der Waals surface area contributed by atoms with Crippen LogP contribution in [0.3, 0.4) is 0 Å². The number of rotatable bonds is 5. The van der Waals surface area contributed by atoms with Crippen LogP contribution >= 0.6 is 0 Å². The summed E-state index contributed by atoms with van der Waals surface area (Å²) in [7, 11) is 0. The Morgan fingerprint density at radius 1 is 1.33 bits per heavy atom. The molecule has 0 saturated heterocycles. The molecule has 4 rings (SSSR count). The van der Waals surface area contributed by atoms with Crippen molar-refractivity contribution in [2.24, 2.45) is 23.2 Å². The van der Waals surface area contributed by atoms with Gasteiger partial charge in [-0.05, 0) is 97.3 Å². The number of fused-ring (bicyclic) bond motifs is 5. The third-order valence-corrected chi connectivity index (χ3v) is 7.96. The smallest absolute Gasteiger partial charge is 0.115 e. The van der Waals surface area contributed by atoms with E-state index in [1.165, 1.54) is 17.5 Å². The van der Waals surface area contributed by atoms with Crippen LogP contribution in [0.5, 0.6) is 5.75 Å². The standard InChI is InChI=1S/C24H35NO2/c1-4-11-25-15(2)12-17-14-22-21-7-5-16-13-18(26)6-8-19(16)20(21)9-10-24(22,3)23(17)27/h6,8,13,17,20-23,25-27H,2,4-5,7,9-12,14H2,1,3H3/t17?,20?,21?,22?,23-,24-/m0/s1. The zero-order valence-electron chi connectivity index (χ0n) is 16.9. The largest absolute Gasteiger partial charge is 0.508 e. The van der Waals surface area contributed by atoms with Crippen LogP contribution in [0.25, 0.3) is 0 Å². The lowest BCUT2D eigenvalue weighted by Gasteiger charge is -2.50. The fourth-order valence-corrected chi connectivity index (χ4v) is 6.61. The van der Waals surface area contributed by atoms with Gasteiger partial charge < -0.3 is 15.5 Å². The highest BCUT2D eigenvalue weighted by atomic mass is 16.3. The molecule has 27 heavy (non-hydrogen) atoms. The fourth-order valence-electron chi connectivity index (χ4n) is 6.61. The van der Waals surface area contributed by atoms with Crippen LogP contribution in [0.2, 0.25) is 0 Å². The Hall–Kier alpha value is -1.48. The molecule has 0 aliphatic heterocycles. The van der Waals surface area contributed by atoms with Crippen LogP contribution in [-0.2, 0) is 6.42 Å². The lowest BCUT2D eigenvalue weighted by molar-refractivity contribution is -0.0326. The Morgan fingerprint density at radius 3 is 2.93 bits per heavy atom. The van der Waals surface area contributed by atoms with E-state index < -0.39 is 0 Å². The van der Waals surface area contributed by atoms with E-state index in [4.69, 9.17) is 0 Å².